The number of β-amino-alcohol motifs (C(OH)–C–C–N with tert-alkyl or cyclic N) is 1. The van der Waals surface area contributed by atoms with Crippen molar-refractivity contribution in [2.24, 2.45) is 5.92 Å². The molecule has 4 aromatic carbocycles. The van der Waals surface area contributed by atoms with E-state index in [1.165, 1.54) is 36.5 Å². The number of anilines is 1. The van der Waals surface area contributed by atoms with E-state index in [2.05, 4.69) is 62.6 Å². The highest BCUT2D eigenvalue weighted by molar-refractivity contribution is 7.90. The minimum atomic E-state index is -2.17. The first kappa shape index (κ1) is 73.9. The summed E-state index contributed by atoms with van der Waals surface area (Å²) in [5, 5.41) is 141. The summed E-state index contributed by atoms with van der Waals surface area (Å²) in [5.74, 6) is -9.65. The van der Waals surface area contributed by atoms with E-state index < -0.39 is 184 Å². The smallest absolute Gasteiger partial charge is 0.261 e. The highest BCUT2D eigenvalue weighted by Gasteiger charge is 2.50. The average Bonchev–Trinajstić information content (AvgIpc) is 1.60. The molecule has 6 aromatic rings. The van der Waals surface area contributed by atoms with Crippen molar-refractivity contribution in [2.45, 2.75) is 131 Å². The number of aromatic nitrogens is 4. The first-order valence-corrected chi connectivity index (χ1v) is 33.7. The molecule has 33 nitrogen and oxygen atoms in total. The summed E-state index contributed by atoms with van der Waals surface area (Å²) in [4.78, 5) is 107. The lowest BCUT2D eigenvalue weighted by Gasteiger charge is -2.34. The summed E-state index contributed by atoms with van der Waals surface area (Å²) in [7, 11) is 0. The molecule has 1 unspecified atom stereocenters. The lowest BCUT2D eigenvalue weighted by Crippen LogP contribution is -2.64. The summed E-state index contributed by atoms with van der Waals surface area (Å²) < 4.78 is 11.3. The van der Waals surface area contributed by atoms with Gasteiger partial charge < -0.3 is 96.7 Å². The quantitative estimate of drug-likeness (QED) is 0.0160. The van der Waals surface area contributed by atoms with Crippen LogP contribution in [0.3, 0.4) is 0 Å². The second-order valence-corrected chi connectivity index (χ2v) is 26.4. The van der Waals surface area contributed by atoms with E-state index in [1.807, 2.05) is 59.3 Å². The van der Waals surface area contributed by atoms with Crippen molar-refractivity contribution in [1.82, 2.24) is 61.7 Å². The molecule has 100 heavy (non-hydrogen) atoms. The Hall–Kier alpha value is -8.79. The number of aliphatic hydroxyl groups excluding tert-OH is 8. The topological polar surface area (TPSA) is 475 Å². The second-order valence-electron chi connectivity index (χ2n) is 25.0. The molecule has 10 rings (SSSR count). The molecule has 13 atom stereocenters. The van der Waals surface area contributed by atoms with E-state index in [-0.39, 0.29) is 42.3 Å². The van der Waals surface area contributed by atoms with E-state index in [0.717, 1.165) is 70.0 Å². The van der Waals surface area contributed by atoms with Gasteiger partial charge in [0.1, 0.15) is 46.3 Å². The van der Waals surface area contributed by atoms with Crippen molar-refractivity contribution >= 4 is 70.7 Å². The van der Waals surface area contributed by atoms with Gasteiger partial charge in [-0.15, -0.1) is 10.2 Å². The number of para-hydroxylation sites is 1. The minimum absolute atomic E-state index is 0.00726. The number of amides is 7. The SMILES string of the molecule is C[C@@H](O)[C@@H]1NC(=O)C(NC(=O)c2ccc(-c3nnc(-c4ccc(N5CCc6nn(-c7ccccc7)cc6C5)cc4)s3)cc2)C[C@@H](O)CNC(=O)[C@@H]2[C@@H](O)[C@@H](C)CN2C(=O)[C@H]([C@H](O)CCNC(CO)CO)NC(=O)[C@H]([C@H](O)Cc2ccc(O)c(OSOOO)c2)NC(=O)[C@@H]2C[C@@H](O)CN2C1=O. The Bertz CT molecular complexity index is 3830. The van der Waals surface area contributed by atoms with Crippen LogP contribution < -0.4 is 41.0 Å². The molecule has 7 amide bonds. The first-order chi connectivity index (χ1) is 48.0. The number of nitrogens with zero attached hydrogens (tertiary/aromatic N) is 7. The van der Waals surface area contributed by atoms with Crippen LogP contribution in [0.25, 0.3) is 26.8 Å². The number of phenolic OH excluding ortho intramolecular Hbond substituents is 1. The molecule has 4 aliphatic heterocycles. The fourth-order valence-electron chi connectivity index (χ4n) is 12.4. The van der Waals surface area contributed by atoms with Gasteiger partial charge in [0.2, 0.25) is 35.4 Å². The number of hydrogen-bond donors (Lipinski definition) is 16. The summed E-state index contributed by atoms with van der Waals surface area (Å²) in [5.41, 5.74) is 5.74. The molecule has 3 saturated heterocycles. The van der Waals surface area contributed by atoms with E-state index in [1.54, 1.807) is 12.1 Å². The summed E-state index contributed by atoms with van der Waals surface area (Å²) >= 11 is 1.37. The number of carbonyl (C=O) groups excluding carboxylic acids is 7. The van der Waals surface area contributed by atoms with Gasteiger partial charge in [0.15, 0.2) is 11.5 Å². The molecule has 4 aliphatic rings. The third-order valence-electron chi connectivity index (χ3n) is 17.9. The Morgan fingerprint density at radius 3 is 2.11 bits per heavy atom. The van der Waals surface area contributed by atoms with Crippen LogP contribution in [0, 0.1) is 5.92 Å². The van der Waals surface area contributed by atoms with Gasteiger partial charge in [0, 0.05) is 98.5 Å². The zero-order valence-corrected chi connectivity index (χ0v) is 55.7. The molecule has 2 aromatic heterocycles. The Labute approximate surface area is 580 Å². The fraction of sp³-hybridized carbons (Fsp3) is 0.446. The van der Waals surface area contributed by atoms with E-state index in [0.29, 0.717) is 22.1 Å². The van der Waals surface area contributed by atoms with Crippen LogP contribution in [0.1, 0.15) is 60.3 Å². The van der Waals surface area contributed by atoms with Crippen LogP contribution in [-0.4, -0.2) is 247 Å². The first-order valence-electron chi connectivity index (χ1n) is 32.2. The predicted octanol–water partition coefficient (Wildman–Crippen LogP) is -2.03. The van der Waals surface area contributed by atoms with Gasteiger partial charge in [-0.05, 0) is 86.1 Å². The molecule has 35 heteroatoms. The number of fused-ring (bicyclic) bond motifs is 3. The maximum atomic E-state index is 15.0. The molecule has 0 spiro atoms. The molecule has 0 bridgehead atoms. The molecular formula is C65H79N13O20S2. The van der Waals surface area contributed by atoms with Gasteiger partial charge in [-0.25, -0.2) is 9.94 Å². The van der Waals surface area contributed by atoms with Gasteiger partial charge >= 0.3 is 0 Å². The van der Waals surface area contributed by atoms with Crippen LogP contribution in [0.2, 0.25) is 0 Å². The lowest BCUT2D eigenvalue weighted by molar-refractivity contribution is -0.433. The summed E-state index contributed by atoms with van der Waals surface area (Å²) in [6, 6.07) is 15.2. The predicted molar refractivity (Wildman–Crippen MR) is 356 cm³/mol. The second kappa shape index (κ2) is 33.6. The Kier molecular flexibility index (Phi) is 24.8. The highest BCUT2D eigenvalue weighted by Crippen LogP contribution is 2.35. The van der Waals surface area contributed by atoms with Crippen molar-refractivity contribution in [1.29, 1.82) is 0 Å². The third kappa shape index (κ3) is 17.7. The highest BCUT2D eigenvalue weighted by atomic mass is 32.2. The van der Waals surface area contributed by atoms with Crippen molar-refractivity contribution in [2.75, 3.05) is 50.8 Å². The standard InChI is InChI=1S/C65H79N13O20S2/c1-33-27-77-55(56(33)87)61(92)67-26-43(82)24-46(68-57(88)36-9-11-37(12-10-36)62-72-73-63(99-62)38-13-15-41(16-14-38)75-21-19-45-39(28-75)29-78(74-45)42-6-4-3-5-7-42)58(89)69-52(34(2)81)64(93)76-30-44(83)25-47(76)59(90)70-53(50(86)22-35-8-17-48(84)51(23-35)96-100-98-97-95)60(91)71-54(65(77)94)49(85)18-20-66-40(31-79)32-80/h3-17,23,29,33-34,40,43-44,46-47,49-50,52-56,66,79-87,95H,18-22,24-28,30-32H2,1-2H3,(H,67,92)(H,68,88)(H,69,89)(H,70,90)(H,71,91)/t33-,34+,43+,44+,46?,47-,49+,50+,52-,53-,54-,55-,56-/m0/s1. The number of aromatic hydroxyl groups is 1. The minimum Gasteiger partial charge on any atom is -0.504 e. The summed E-state index contributed by atoms with van der Waals surface area (Å²) in [6.45, 7) is 1.13. The zero-order valence-electron chi connectivity index (χ0n) is 54.1. The van der Waals surface area contributed by atoms with E-state index >= 15 is 4.79 Å². The number of carbonyl (C=O) groups is 7. The molecule has 0 aliphatic carbocycles. The number of phenols is 1. The number of nitrogens with one attached hydrogen (secondary N) is 6. The van der Waals surface area contributed by atoms with Crippen molar-refractivity contribution in [3.63, 3.8) is 0 Å². The van der Waals surface area contributed by atoms with Crippen molar-refractivity contribution in [3.8, 4) is 38.3 Å². The maximum absolute atomic E-state index is 15.0. The van der Waals surface area contributed by atoms with Crippen LogP contribution in [-0.2, 0) is 57.5 Å². The van der Waals surface area contributed by atoms with E-state index in [9.17, 15) is 74.7 Å². The van der Waals surface area contributed by atoms with Gasteiger partial charge in [-0.1, -0.05) is 64.0 Å². The fourth-order valence-corrected chi connectivity index (χ4v) is 13.5. The van der Waals surface area contributed by atoms with Crippen LogP contribution in [0.4, 0.5) is 5.69 Å². The Morgan fingerprint density at radius 2 is 1.43 bits per heavy atom. The van der Waals surface area contributed by atoms with Crippen LogP contribution in [0.5, 0.6) is 11.5 Å². The van der Waals surface area contributed by atoms with E-state index in [4.69, 9.17) is 14.5 Å². The monoisotopic (exact) mass is 1430 g/mol. The van der Waals surface area contributed by atoms with Crippen LogP contribution >= 0.6 is 23.7 Å². The normalized spacial score (nSPS) is 24.4. The number of benzene rings is 4. The van der Waals surface area contributed by atoms with Gasteiger partial charge in [0.25, 0.3) is 18.2 Å². The van der Waals surface area contributed by atoms with Gasteiger partial charge in [0.05, 0.1) is 67.3 Å². The largest absolute Gasteiger partial charge is 0.504 e. The summed E-state index contributed by atoms with van der Waals surface area (Å²) in [6.07, 6.45) is -9.86. The molecule has 0 saturated carbocycles. The molecular weight excluding hydrogens is 1350 g/mol. The Balaban J connectivity index is 0.898. The van der Waals surface area contributed by atoms with Gasteiger partial charge in [-0.3, -0.25) is 33.6 Å². The number of aliphatic hydroxyl groups is 8. The Morgan fingerprint density at radius 1 is 0.760 bits per heavy atom. The van der Waals surface area contributed by atoms with Crippen molar-refractivity contribution in [3.05, 3.63) is 126 Å². The maximum Gasteiger partial charge on any atom is 0.261 e. The third-order valence-corrected chi connectivity index (χ3v) is 19.3. The number of hydrogen-bond acceptors (Lipinski definition) is 27. The average molecular weight is 1430 g/mol. The molecule has 16 N–H and O–H groups in total. The molecule has 0 radical (unpaired) electrons. The van der Waals surface area contributed by atoms with Crippen molar-refractivity contribution < 1.29 is 98.3 Å². The molecule has 6 heterocycles. The zero-order chi connectivity index (χ0) is 71.5. The molecule has 3 fully saturated rings. The number of rotatable bonds is 21. The lowest BCUT2D eigenvalue weighted by atomic mass is 9.98. The molecule has 536 valence electrons. The van der Waals surface area contributed by atoms with Crippen LogP contribution in [0.15, 0.2) is 103 Å². The van der Waals surface area contributed by atoms with Gasteiger partial charge in [-0.2, -0.15) is 5.10 Å².